The van der Waals surface area contributed by atoms with Crippen molar-refractivity contribution < 1.29 is 13.5 Å². The van der Waals surface area contributed by atoms with Gasteiger partial charge in [-0.2, -0.15) is 0 Å². The van der Waals surface area contributed by atoms with Crippen LogP contribution in [0, 0.1) is 0 Å². The monoisotopic (exact) mass is 361 g/mol. The molecular formula is C12H12BrNO3S2. The lowest BCUT2D eigenvalue weighted by Gasteiger charge is -2.09. The van der Waals surface area contributed by atoms with Gasteiger partial charge in [-0.25, -0.2) is 13.1 Å². The van der Waals surface area contributed by atoms with Crippen LogP contribution in [0.25, 0.3) is 0 Å². The van der Waals surface area contributed by atoms with Gasteiger partial charge in [-0.05, 0) is 39.0 Å². The second-order valence-corrected chi connectivity index (χ2v) is 7.37. The second kappa shape index (κ2) is 6.15. The van der Waals surface area contributed by atoms with E-state index >= 15 is 0 Å². The van der Waals surface area contributed by atoms with Crippen LogP contribution in [0.4, 0.5) is 0 Å². The van der Waals surface area contributed by atoms with Gasteiger partial charge in [0.25, 0.3) is 0 Å². The third-order valence-corrected chi connectivity index (χ3v) is 5.97. The lowest BCUT2D eigenvalue weighted by atomic mass is 10.2. The average molecular weight is 362 g/mol. The minimum absolute atomic E-state index is 0.116. The first-order chi connectivity index (χ1) is 9.04. The van der Waals surface area contributed by atoms with E-state index < -0.39 is 10.0 Å². The summed E-state index contributed by atoms with van der Waals surface area (Å²) in [4.78, 5) is 1.02. The van der Waals surface area contributed by atoms with Gasteiger partial charge in [0.05, 0.1) is 11.5 Å². The Morgan fingerprint density at radius 3 is 2.63 bits per heavy atom. The van der Waals surface area contributed by atoms with Crippen LogP contribution in [-0.4, -0.2) is 13.5 Å². The molecular weight excluding hydrogens is 350 g/mol. The highest BCUT2D eigenvalue weighted by molar-refractivity contribution is 9.10. The zero-order chi connectivity index (χ0) is 13.9. The van der Waals surface area contributed by atoms with Crippen molar-refractivity contribution in [1.29, 1.82) is 0 Å². The third-order valence-electron chi connectivity index (χ3n) is 2.55. The van der Waals surface area contributed by atoms with E-state index in [0.717, 1.165) is 9.35 Å². The van der Waals surface area contributed by atoms with Crippen molar-refractivity contribution >= 4 is 37.3 Å². The summed E-state index contributed by atoms with van der Waals surface area (Å²) in [7, 11) is -3.62. The lowest BCUT2D eigenvalue weighted by Crippen LogP contribution is -2.24. The number of thiophene rings is 1. The van der Waals surface area contributed by atoms with Gasteiger partial charge in [0.2, 0.25) is 10.0 Å². The van der Waals surface area contributed by atoms with Crippen molar-refractivity contribution in [3.8, 4) is 0 Å². The Kier molecular flexibility index (Phi) is 4.75. The van der Waals surface area contributed by atoms with Crippen LogP contribution in [0.3, 0.4) is 0 Å². The van der Waals surface area contributed by atoms with E-state index in [4.69, 9.17) is 0 Å². The summed E-state index contributed by atoms with van der Waals surface area (Å²) >= 11 is 4.83. The summed E-state index contributed by atoms with van der Waals surface area (Å²) in [5.74, 6) is 0. The molecule has 1 aromatic heterocycles. The Morgan fingerprint density at radius 2 is 2.00 bits per heavy atom. The summed E-state index contributed by atoms with van der Waals surface area (Å²) in [6.45, 7) is -0.0832. The maximum atomic E-state index is 12.2. The van der Waals surface area contributed by atoms with Crippen molar-refractivity contribution in [2.45, 2.75) is 18.0 Å². The molecule has 0 saturated heterocycles. The Hall–Kier alpha value is -0.730. The van der Waals surface area contributed by atoms with E-state index in [1.165, 1.54) is 17.4 Å². The zero-order valence-electron chi connectivity index (χ0n) is 9.84. The second-order valence-electron chi connectivity index (χ2n) is 3.78. The number of hydrogen-bond donors (Lipinski definition) is 2. The SMILES string of the molecule is O=S(=O)(NCc1sccc1Br)c1ccccc1CO. The molecule has 2 aromatic rings. The van der Waals surface area contributed by atoms with Gasteiger partial charge in [0.15, 0.2) is 0 Å². The quantitative estimate of drug-likeness (QED) is 0.859. The normalized spacial score (nSPS) is 11.7. The molecule has 0 radical (unpaired) electrons. The Balaban J connectivity index is 2.21. The van der Waals surface area contributed by atoms with Gasteiger partial charge in [-0.15, -0.1) is 11.3 Å². The Labute approximate surface area is 124 Å². The smallest absolute Gasteiger partial charge is 0.241 e. The molecule has 0 aliphatic carbocycles. The minimum Gasteiger partial charge on any atom is -0.392 e. The number of benzene rings is 1. The number of hydrogen-bond acceptors (Lipinski definition) is 4. The number of sulfonamides is 1. The molecule has 1 heterocycles. The summed E-state index contributed by atoms with van der Waals surface area (Å²) in [6, 6.07) is 8.28. The molecule has 2 N–H and O–H groups in total. The number of rotatable bonds is 5. The van der Waals surface area contributed by atoms with Crippen molar-refractivity contribution in [1.82, 2.24) is 4.72 Å². The number of aliphatic hydroxyl groups excluding tert-OH is 1. The van der Waals surface area contributed by atoms with E-state index in [2.05, 4.69) is 20.7 Å². The first-order valence-electron chi connectivity index (χ1n) is 5.45. The molecule has 0 aliphatic heterocycles. The van der Waals surface area contributed by atoms with Crippen LogP contribution in [0.1, 0.15) is 10.4 Å². The van der Waals surface area contributed by atoms with Crippen LogP contribution >= 0.6 is 27.3 Å². The predicted molar refractivity (Wildman–Crippen MR) is 78.4 cm³/mol. The van der Waals surface area contributed by atoms with Gasteiger partial charge < -0.3 is 5.11 Å². The lowest BCUT2D eigenvalue weighted by molar-refractivity contribution is 0.278. The molecule has 0 atom stereocenters. The van der Waals surface area contributed by atoms with E-state index in [1.54, 1.807) is 18.2 Å². The minimum atomic E-state index is -3.62. The van der Waals surface area contributed by atoms with Gasteiger partial charge in [0, 0.05) is 15.9 Å². The molecule has 19 heavy (non-hydrogen) atoms. The van der Waals surface area contributed by atoms with E-state index in [-0.39, 0.29) is 18.0 Å². The van der Waals surface area contributed by atoms with E-state index in [9.17, 15) is 13.5 Å². The van der Waals surface area contributed by atoms with Crippen molar-refractivity contribution in [3.63, 3.8) is 0 Å². The average Bonchev–Trinajstić information content (AvgIpc) is 2.82. The standard InChI is InChI=1S/C12H12BrNO3S2/c13-10-5-6-18-11(10)7-14-19(16,17)12-4-2-1-3-9(12)8-15/h1-6,14-15H,7-8H2. The molecule has 0 spiro atoms. The Bertz CT molecular complexity index is 667. The first kappa shape index (κ1) is 14.7. The molecule has 102 valence electrons. The van der Waals surface area contributed by atoms with E-state index in [0.29, 0.717) is 5.56 Å². The summed E-state index contributed by atoms with van der Waals surface area (Å²) in [6.07, 6.45) is 0. The largest absolute Gasteiger partial charge is 0.392 e. The molecule has 0 unspecified atom stereocenters. The van der Waals surface area contributed by atoms with Crippen molar-refractivity contribution in [2.75, 3.05) is 0 Å². The molecule has 0 fully saturated rings. The predicted octanol–water partition coefficient (Wildman–Crippen LogP) is 2.48. The number of halogens is 1. The highest BCUT2D eigenvalue weighted by Gasteiger charge is 2.17. The molecule has 7 heteroatoms. The molecule has 2 rings (SSSR count). The third kappa shape index (κ3) is 3.43. The topological polar surface area (TPSA) is 66.4 Å². The van der Waals surface area contributed by atoms with Crippen LogP contribution in [0.15, 0.2) is 45.1 Å². The van der Waals surface area contributed by atoms with Gasteiger partial charge in [-0.3, -0.25) is 0 Å². The summed E-state index contributed by atoms with van der Waals surface area (Å²) in [5, 5.41) is 11.1. The van der Waals surface area contributed by atoms with E-state index in [1.807, 2.05) is 11.4 Å². The highest BCUT2D eigenvalue weighted by atomic mass is 79.9. The molecule has 0 bridgehead atoms. The summed E-state index contributed by atoms with van der Waals surface area (Å²) < 4.78 is 27.8. The number of aliphatic hydroxyl groups is 1. The maximum absolute atomic E-state index is 12.2. The zero-order valence-corrected chi connectivity index (χ0v) is 13.1. The van der Waals surface area contributed by atoms with Crippen LogP contribution in [-0.2, 0) is 23.2 Å². The fraction of sp³-hybridized carbons (Fsp3) is 0.167. The molecule has 0 saturated carbocycles. The van der Waals surface area contributed by atoms with Crippen molar-refractivity contribution in [2.24, 2.45) is 0 Å². The fourth-order valence-corrected chi connectivity index (χ4v) is 4.34. The van der Waals surface area contributed by atoms with Crippen LogP contribution in [0.2, 0.25) is 0 Å². The van der Waals surface area contributed by atoms with Crippen molar-refractivity contribution in [3.05, 3.63) is 50.6 Å². The molecule has 0 aliphatic rings. The Morgan fingerprint density at radius 1 is 1.26 bits per heavy atom. The van der Waals surface area contributed by atoms with Crippen LogP contribution in [0.5, 0.6) is 0 Å². The van der Waals surface area contributed by atoms with Gasteiger partial charge in [0.1, 0.15) is 0 Å². The highest BCUT2D eigenvalue weighted by Crippen LogP contribution is 2.23. The first-order valence-corrected chi connectivity index (χ1v) is 8.60. The number of nitrogens with one attached hydrogen (secondary N) is 1. The molecule has 4 nitrogen and oxygen atoms in total. The van der Waals surface area contributed by atoms with Gasteiger partial charge >= 0.3 is 0 Å². The van der Waals surface area contributed by atoms with Crippen LogP contribution < -0.4 is 4.72 Å². The van der Waals surface area contributed by atoms with Gasteiger partial charge in [-0.1, -0.05) is 18.2 Å². The fourth-order valence-electron chi connectivity index (χ4n) is 1.59. The molecule has 1 aromatic carbocycles. The maximum Gasteiger partial charge on any atom is 0.241 e. The molecule has 0 amide bonds. The summed E-state index contributed by atoms with van der Waals surface area (Å²) in [5.41, 5.74) is 0.389.